The number of hydrogen-bond acceptors (Lipinski definition) is 4. The summed E-state index contributed by atoms with van der Waals surface area (Å²) in [6.45, 7) is 3.07. The van der Waals surface area contributed by atoms with Gasteiger partial charge in [-0.1, -0.05) is 0 Å². The highest BCUT2D eigenvalue weighted by molar-refractivity contribution is 5.81. The SMILES string of the molecule is C[C@H](NC(=O)O)c1nc2ccn(C)c2cc1N1CCC(O)C1. The molecule has 1 saturated heterocycles. The quantitative estimate of drug-likeness (QED) is 0.799. The maximum atomic E-state index is 10.9. The molecule has 0 radical (unpaired) electrons. The minimum absolute atomic E-state index is 0.348. The number of rotatable bonds is 3. The Hall–Kier alpha value is -2.28. The number of amides is 1. The van der Waals surface area contributed by atoms with E-state index in [1.807, 2.05) is 29.9 Å². The average molecular weight is 304 g/mol. The lowest BCUT2D eigenvalue weighted by Gasteiger charge is -2.24. The van der Waals surface area contributed by atoms with E-state index in [1.165, 1.54) is 0 Å². The highest BCUT2D eigenvalue weighted by Gasteiger charge is 2.26. The molecule has 118 valence electrons. The molecule has 1 fully saturated rings. The van der Waals surface area contributed by atoms with E-state index in [0.29, 0.717) is 18.7 Å². The summed E-state index contributed by atoms with van der Waals surface area (Å²) in [6, 6.07) is 3.51. The summed E-state index contributed by atoms with van der Waals surface area (Å²) < 4.78 is 1.98. The van der Waals surface area contributed by atoms with Gasteiger partial charge in [-0.2, -0.15) is 0 Å². The number of aliphatic hydroxyl groups excluding tert-OH is 1. The van der Waals surface area contributed by atoms with Crippen LogP contribution >= 0.6 is 0 Å². The van der Waals surface area contributed by atoms with Gasteiger partial charge in [-0.3, -0.25) is 0 Å². The Balaban J connectivity index is 2.08. The first-order valence-corrected chi connectivity index (χ1v) is 7.34. The molecular weight excluding hydrogens is 284 g/mol. The molecule has 1 amide bonds. The molecular formula is C15H20N4O3. The van der Waals surface area contributed by atoms with Gasteiger partial charge in [-0.25, -0.2) is 9.78 Å². The molecule has 3 heterocycles. The molecule has 2 atom stereocenters. The lowest BCUT2D eigenvalue weighted by Crippen LogP contribution is -2.29. The first kappa shape index (κ1) is 14.6. The van der Waals surface area contributed by atoms with Crippen molar-refractivity contribution in [1.29, 1.82) is 0 Å². The Morgan fingerprint density at radius 3 is 2.95 bits per heavy atom. The van der Waals surface area contributed by atoms with Crippen LogP contribution in [0.3, 0.4) is 0 Å². The van der Waals surface area contributed by atoms with Crippen LogP contribution in [0.15, 0.2) is 18.3 Å². The van der Waals surface area contributed by atoms with Crippen LogP contribution in [0.2, 0.25) is 0 Å². The van der Waals surface area contributed by atoms with Gasteiger partial charge in [0, 0.05) is 26.3 Å². The minimum atomic E-state index is -1.07. The van der Waals surface area contributed by atoms with Crippen LogP contribution in [0.5, 0.6) is 0 Å². The third-order valence-electron chi connectivity index (χ3n) is 4.13. The molecule has 22 heavy (non-hydrogen) atoms. The molecule has 1 aliphatic rings. The zero-order valence-electron chi connectivity index (χ0n) is 12.7. The summed E-state index contributed by atoms with van der Waals surface area (Å²) in [6.07, 6.45) is 1.22. The highest BCUT2D eigenvalue weighted by atomic mass is 16.4. The van der Waals surface area contributed by atoms with Crippen molar-refractivity contribution >= 4 is 22.8 Å². The second kappa shape index (κ2) is 5.49. The van der Waals surface area contributed by atoms with Crippen LogP contribution in [-0.4, -0.2) is 45.1 Å². The van der Waals surface area contributed by atoms with E-state index in [9.17, 15) is 9.90 Å². The third kappa shape index (κ3) is 2.59. The Labute approximate surface area is 128 Å². The summed E-state index contributed by atoms with van der Waals surface area (Å²) in [4.78, 5) is 17.7. The molecule has 3 N–H and O–H groups in total. The third-order valence-corrected chi connectivity index (χ3v) is 4.13. The van der Waals surface area contributed by atoms with Crippen molar-refractivity contribution in [1.82, 2.24) is 14.9 Å². The van der Waals surface area contributed by atoms with Crippen LogP contribution in [0.1, 0.15) is 25.1 Å². The largest absolute Gasteiger partial charge is 0.465 e. The van der Waals surface area contributed by atoms with Crippen LogP contribution in [-0.2, 0) is 7.05 Å². The number of hydrogen-bond donors (Lipinski definition) is 3. The molecule has 1 aliphatic heterocycles. The number of carboxylic acid groups (broad SMARTS) is 1. The molecule has 2 aromatic rings. The molecule has 2 aromatic heterocycles. The zero-order chi connectivity index (χ0) is 15.9. The number of carbonyl (C=O) groups is 1. The summed E-state index contributed by atoms with van der Waals surface area (Å²) in [7, 11) is 1.95. The van der Waals surface area contributed by atoms with E-state index < -0.39 is 12.1 Å². The Bertz CT molecular complexity index is 712. The first-order valence-electron chi connectivity index (χ1n) is 7.34. The van der Waals surface area contributed by atoms with E-state index in [2.05, 4.69) is 15.2 Å². The van der Waals surface area contributed by atoms with Crippen LogP contribution in [0, 0.1) is 0 Å². The van der Waals surface area contributed by atoms with Crippen LogP contribution in [0.4, 0.5) is 10.5 Å². The number of fused-ring (bicyclic) bond motifs is 1. The standard InChI is InChI=1S/C15H20N4O3/c1-9(16-15(21)22)14-13(19-6-3-10(20)8-19)7-12-11(17-14)4-5-18(12)2/h4-5,7,9-10,16,20H,3,6,8H2,1-2H3,(H,21,22)/t9-,10?/m0/s1. The number of aliphatic hydroxyl groups is 1. The molecule has 3 rings (SSSR count). The summed E-state index contributed by atoms with van der Waals surface area (Å²) >= 11 is 0. The number of aromatic nitrogens is 2. The smallest absolute Gasteiger partial charge is 0.405 e. The average Bonchev–Trinajstić information content (AvgIpc) is 3.03. The maximum absolute atomic E-state index is 10.9. The number of nitrogens with one attached hydrogen (secondary N) is 1. The molecule has 0 bridgehead atoms. The van der Waals surface area contributed by atoms with E-state index in [0.717, 1.165) is 23.3 Å². The van der Waals surface area contributed by atoms with E-state index >= 15 is 0 Å². The van der Waals surface area contributed by atoms with Crippen molar-refractivity contribution in [3.63, 3.8) is 0 Å². The number of aryl methyl sites for hydroxylation is 1. The van der Waals surface area contributed by atoms with Gasteiger partial charge in [-0.05, 0) is 25.5 Å². The van der Waals surface area contributed by atoms with Crippen molar-refractivity contribution in [2.24, 2.45) is 7.05 Å². The topological polar surface area (TPSA) is 90.6 Å². The molecule has 7 nitrogen and oxygen atoms in total. The van der Waals surface area contributed by atoms with Crippen molar-refractivity contribution in [3.05, 3.63) is 24.0 Å². The van der Waals surface area contributed by atoms with E-state index in [4.69, 9.17) is 5.11 Å². The number of β-amino-alcohol motifs (C(OH)–C–C–N with tert-alkyl or cyclic N) is 1. The fraction of sp³-hybridized carbons (Fsp3) is 0.467. The molecule has 0 spiro atoms. The molecule has 7 heteroatoms. The second-order valence-corrected chi connectivity index (χ2v) is 5.78. The maximum Gasteiger partial charge on any atom is 0.405 e. The summed E-state index contributed by atoms with van der Waals surface area (Å²) in [5, 5.41) is 21.2. The molecule has 0 saturated carbocycles. The van der Waals surface area contributed by atoms with E-state index in [-0.39, 0.29) is 6.10 Å². The Morgan fingerprint density at radius 2 is 2.32 bits per heavy atom. The second-order valence-electron chi connectivity index (χ2n) is 5.78. The van der Waals surface area contributed by atoms with Gasteiger partial charge >= 0.3 is 6.09 Å². The van der Waals surface area contributed by atoms with Gasteiger partial charge < -0.3 is 25.0 Å². The normalized spacial score (nSPS) is 19.6. The minimum Gasteiger partial charge on any atom is -0.465 e. The Morgan fingerprint density at radius 1 is 1.55 bits per heavy atom. The predicted octanol–water partition coefficient (Wildman–Crippen LogP) is 1.47. The monoisotopic (exact) mass is 304 g/mol. The van der Waals surface area contributed by atoms with Gasteiger partial charge in [-0.15, -0.1) is 0 Å². The van der Waals surface area contributed by atoms with Gasteiger partial charge in [0.05, 0.1) is 34.6 Å². The summed E-state index contributed by atoms with van der Waals surface area (Å²) in [5.74, 6) is 0. The van der Waals surface area contributed by atoms with Crippen molar-refractivity contribution in [3.8, 4) is 0 Å². The lowest BCUT2D eigenvalue weighted by atomic mass is 10.1. The molecule has 0 aliphatic carbocycles. The fourth-order valence-electron chi connectivity index (χ4n) is 2.98. The molecule has 0 aromatic carbocycles. The number of anilines is 1. The predicted molar refractivity (Wildman–Crippen MR) is 83.1 cm³/mol. The van der Waals surface area contributed by atoms with Crippen molar-refractivity contribution in [2.45, 2.75) is 25.5 Å². The highest BCUT2D eigenvalue weighted by Crippen LogP contribution is 2.31. The summed E-state index contributed by atoms with van der Waals surface area (Å²) in [5.41, 5.74) is 3.39. The van der Waals surface area contributed by atoms with Crippen molar-refractivity contribution in [2.75, 3.05) is 18.0 Å². The van der Waals surface area contributed by atoms with Crippen LogP contribution in [0.25, 0.3) is 11.0 Å². The van der Waals surface area contributed by atoms with Crippen LogP contribution < -0.4 is 10.2 Å². The van der Waals surface area contributed by atoms with Gasteiger partial charge in [0.15, 0.2) is 0 Å². The van der Waals surface area contributed by atoms with Gasteiger partial charge in [0.1, 0.15) is 0 Å². The number of nitrogens with zero attached hydrogens (tertiary/aromatic N) is 3. The van der Waals surface area contributed by atoms with E-state index in [1.54, 1.807) is 6.92 Å². The Kier molecular flexibility index (Phi) is 3.66. The lowest BCUT2D eigenvalue weighted by molar-refractivity contribution is 0.190. The van der Waals surface area contributed by atoms with Crippen molar-refractivity contribution < 1.29 is 15.0 Å². The molecule has 1 unspecified atom stereocenters. The van der Waals surface area contributed by atoms with Gasteiger partial charge in [0.25, 0.3) is 0 Å². The van der Waals surface area contributed by atoms with Gasteiger partial charge in [0.2, 0.25) is 0 Å². The first-order chi connectivity index (χ1) is 10.5. The fourth-order valence-corrected chi connectivity index (χ4v) is 2.98. The number of pyridine rings is 1. The zero-order valence-corrected chi connectivity index (χ0v) is 12.7.